The summed E-state index contributed by atoms with van der Waals surface area (Å²) < 4.78 is 21.9. The molecule has 0 bridgehead atoms. The van der Waals surface area contributed by atoms with Gasteiger partial charge in [-0.3, -0.25) is 14.9 Å². The van der Waals surface area contributed by atoms with Crippen molar-refractivity contribution < 1.29 is 28.5 Å². The largest absolute Gasteiger partial charge is 0.495 e. The third-order valence-corrected chi connectivity index (χ3v) is 5.90. The number of methoxy groups -OCH3 is 4. The van der Waals surface area contributed by atoms with E-state index in [-0.39, 0.29) is 5.56 Å². The molecule has 0 radical (unpaired) electrons. The van der Waals surface area contributed by atoms with Gasteiger partial charge in [-0.05, 0) is 41.5 Å². The third-order valence-electron chi connectivity index (χ3n) is 5.90. The van der Waals surface area contributed by atoms with Crippen molar-refractivity contribution in [2.45, 2.75) is 0 Å². The van der Waals surface area contributed by atoms with Crippen molar-refractivity contribution >= 4 is 39.3 Å². The predicted molar refractivity (Wildman–Crippen MR) is 124 cm³/mol. The molecule has 0 spiro atoms. The van der Waals surface area contributed by atoms with Crippen LogP contribution >= 0.6 is 0 Å². The van der Waals surface area contributed by atoms with E-state index in [9.17, 15) is 9.59 Å². The SMILES string of the molecule is COc1cc2c(cc1N)[nH]c1c3c(cc(-c4cc(OC)c(OC)c(OC)c4)c12)C(=O)NC3=O. The zero-order valence-electron chi connectivity index (χ0n) is 18.4. The second-order valence-electron chi connectivity index (χ2n) is 7.56. The topological polar surface area (TPSA) is 125 Å². The molecule has 0 saturated carbocycles. The molecule has 168 valence electrons. The van der Waals surface area contributed by atoms with E-state index in [1.807, 2.05) is 6.07 Å². The lowest BCUT2D eigenvalue weighted by molar-refractivity contribution is 0.0880. The van der Waals surface area contributed by atoms with Crippen LogP contribution in [0, 0.1) is 0 Å². The number of H-pyrrole nitrogens is 1. The monoisotopic (exact) mass is 447 g/mol. The second kappa shape index (κ2) is 7.33. The van der Waals surface area contributed by atoms with Crippen molar-refractivity contribution in [3.05, 3.63) is 41.5 Å². The maximum absolute atomic E-state index is 12.6. The molecule has 9 nitrogen and oxygen atoms in total. The zero-order valence-corrected chi connectivity index (χ0v) is 18.4. The van der Waals surface area contributed by atoms with E-state index in [4.69, 9.17) is 24.7 Å². The number of benzene rings is 3. The molecule has 0 aliphatic carbocycles. The molecule has 9 heteroatoms. The Bertz CT molecular complexity index is 1460. The van der Waals surface area contributed by atoms with Gasteiger partial charge in [0, 0.05) is 16.3 Å². The molecular weight excluding hydrogens is 426 g/mol. The van der Waals surface area contributed by atoms with Crippen LogP contribution < -0.4 is 30.0 Å². The number of nitrogens with two attached hydrogens (primary N) is 1. The minimum atomic E-state index is -0.457. The van der Waals surface area contributed by atoms with Crippen LogP contribution in [0.3, 0.4) is 0 Å². The first-order valence-electron chi connectivity index (χ1n) is 10.0. The van der Waals surface area contributed by atoms with E-state index < -0.39 is 11.8 Å². The van der Waals surface area contributed by atoms with Crippen LogP contribution in [0.25, 0.3) is 32.9 Å². The number of ether oxygens (including phenoxy) is 4. The molecule has 3 aromatic carbocycles. The van der Waals surface area contributed by atoms with Crippen molar-refractivity contribution in [1.29, 1.82) is 0 Å². The molecule has 5 rings (SSSR count). The first-order chi connectivity index (χ1) is 15.9. The first kappa shape index (κ1) is 20.5. The fourth-order valence-electron chi connectivity index (χ4n) is 4.42. The van der Waals surface area contributed by atoms with Gasteiger partial charge >= 0.3 is 0 Å². The minimum absolute atomic E-state index is 0.280. The number of rotatable bonds is 5. The molecule has 1 aliphatic rings. The van der Waals surface area contributed by atoms with E-state index in [0.29, 0.717) is 56.4 Å². The van der Waals surface area contributed by atoms with Crippen LogP contribution in [0.4, 0.5) is 5.69 Å². The standard InChI is InChI=1S/C24H21N3O6/c1-30-16-8-12-15(9-14(16)25)26-21-19(12)11(7-13-20(21)24(29)27-23(13)28)10-5-17(31-2)22(33-4)18(6-10)32-3/h5-9,26H,25H2,1-4H3,(H,27,28,29). The zero-order chi connectivity index (χ0) is 23.4. The number of fused-ring (bicyclic) bond motifs is 5. The molecule has 0 atom stereocenters. The molecule has 1 aliphatic heterocycles. The fraction of sp³-hybridized carbons (Fsp3) is 0.167. The summed E-state index contributed by atoms with van der Waals surface area (Å²) in [4.78, 5) is 28.5. The molecule has 0 fully saturated rings. The molecule has 1 aromatic heterocycles. The van der Waals surface area contributed by atoms with E-state index in [1.54, 1.807) is 24.3 Å². The average molecular weight is 447 g/mol. The van der Waals surface area contributed by atoms with Crippen molar-refractivity contribution in [3.8, 4) is 34.1 Å². The highest BCUT2D eigenvalue weighted by atomic mass is 16.5. The summed E-state index contributed by atoms with van der Waals surface area (Å²) in [5.41, 5.74) is 9.78. The number of nitrogen functional groups attached to an aromatic ring is 1. The Morgan fingerprint density at radius 3 is 2.03 bits per heavy atom. The van der Waals surface area contributed by atoms with Crippen molar-refractivity contribution in [2.24, 2.45) is 0 Å². The van der Waals surface area contributed by atoms with Crippen LogP contribution in [0.15, 0.2) is 30.3 Å². The van der Waals surface area contributed by atoms with Crippen molar-refractivity contribution in [1.82, 2.24) is 10.3 Å². The first-order valence-corrected chi connectivity index (χ1v) is 10.0. The number of hydrogen-bond acceptors (Lipinski definition) is 7. The summed E-state index contributed by atoms with van der Waals surface area (Å²) in [6.45, 7) is 0. The summed E-state index contributed by atoms with van der Waals surface area (Å²) in [6, 6.07) is 8.85. The summed E-state index contributed by atoms with van der Waals surface area (Å²) in [5, 5.41) is 3.90. The molecule has 4 N–H and O–H groups in total. The summed E-state index contributed by atoms with van der Waals surface area (Å²) in [6.07, 6.45) is 0. The number of amides is 2. The van der Waals surface area contributed by atoms with Gasteiger partial charge in [0.1, 0.15) is 5.75 Å². The second-order valence-corrected chi connectivity index (χ2v) is 7.56. The van der Waals surface area contributed by atoms with Crippen molar-refractivity contribution in [2.75, 3.05) is 34.2 Å². The van der Waals surface area contributed by atoms with Gasteiger partial charge in [0.2, 0.25) is 5.75 Å². The molecule has 2 heterocycles. The third kappa shape index (κ3) is 2.85. The summed E-state index contributed by atoms with van der Waals surface area (Å²) >= 11 is 0. The van der Waals surface area contributed by atoms with Crippen LogP contribution in [0.5, 0.6) is 23.0 Å². The normalized spacial score (nSPS) is 12.7. The number of aromatic amines is 1. The lowest BCUT2D eigenvalue weighted by atomic mass is 9.93. The number of carbonyl (C=O) groups is 2. The molecule has 0 saturated heterocycles. The highest BCUT2D eigenvalue weighted by Crippen LogP contribution is 2.46. The number of nitrogens with one attached hydrogen (secondary N) is 2. The van der Waals surface area contributed by atoms with E-state index in [2.05, 4.69) is 10.3 Å². The van der Waals surface area contributed by atoms with Gasteiger partial charge in [-0.15, -0.1) is 0 Å². The maximum Gasteiger partial charge on any atom is 0.261 e. The number of anilines is 1. The van der Waals surface area contributed by atoms with Crippen molar-refractivity contribution in [3.63, 3.8) is 0 Å². The quantitative estimate of drug-likeness (QED) is 0.316. The lowest BCUT2D eigenvalue weighted by Crippen LogP contribution is -2.20. The van der Waals surface area contributed by atoms with Crippen LogP contribution in [-0.2, 0) is 0 Å². The fourth-order valence-corrected chi connectivity index (χ4v) is 4.42. The summed E-state index contributed by atoms with van der Waals surface area (Å²) in [7, 11) is 6.13. The Labute approximate surface area is 188 Å². The Morgan fingerprint density at radius 2 is 1.42 bits per heavy atom. The van der Waals surface area contributed by atoms with E-state index in [0.717, 1.165) is 10.8 Å². The molecule has 4 aromatic rings. The van der Waals surface area contributed by atoms with Gasteiger partial charge < -0.3 is 29.7 Å². The summed E-state index contributed by atoms with van der Waals surface area (Å²) in [5.74, 6) is 0.956. The predicted octanol–water partition coefficient (Wildman–Crippen LogP) is 3.49. The maximum atomic E-state index is 12.6. The van der Waals surface area contributed by atoms with E-state index in [1.165, 1.54) is 28.4 Å². The van der Waals surface area contributed by atoms with Gasteiger partial charge in [0.05, 0.1) is 50.8 Å². The van der Waals surface area contributed by atoms with E-state index >= 15 is 0 Å². The van der Waals surface area contributed by atoms with Gasteiger partial charge in [0.25, 0.3) is 11.8 Å². The highest BCUT2D eigenvalue weighted by Gasteiger charge is 2.32. The lowest BCUT2D eigenvalue weighted by Gasteiger charge is -2.15. The Kier molecular flexibility index (Phi) is 4.56. The molecule has 0 unspecified atom stereocenters. The van der Waals surface area contributed by atoms with Gasteiger partial charge in [-0.1, -0.05) is 0 Å². The van der Waals surface area contributed by atoms with Crippen LogP contribution in [0.2, 0.25) is 0 Å². The van der Waals surface area contributed by atoms with Crippen LogP contribution in [0.1, 0.15) is 20.7 Å². The average Bonchev–Trinajstić information content (AvgIpc) is 3.32. The Balaban J connectivity index is 1.95. The van der Waals surface area contributed by atoms with Gasteiger partial charge in [-0.25, -0.2) is 0 Å². The number of aromatic nitrogens is 1. The van der Waals surface area contributed by atoms with Gasteiger partial charge in [-0.2, -0.15) is 0 Å². The Morgan fingerprint density at radius 1 is 0.758 bits per heavy atom. The molecule has 2 amide bonds. The smallest absolute Gasteiger partial charge is 0.261 e. The highest BCUT2D eigenvalue weighted by molar-refractivity contribution is 6.30. The van der Waals surface area contributed by atoms with Gasteiger partial charge in [0.15, 0.2) is 11.5 Å². The number of imide groups is 1. The number of carbonyl (C=O) groups excluding carboxylic acids is 2. The Hall–Kier alpha value is -4.40. The van der Waals surface area contributed by atoms with Crippen LogP contribution in [-0.4, -0.2) is 45.2 Å². The minimum Gasteiger partial charge on any atom is -0.495 e. The molecular formula is C24H21N3O6. The number of hydrogen-bond donors (Lipinski definition) is 3. The molecule has 33 heavy (non-hydrogen) atoms.